The summed E-state index contributed by atoms with van der Waals surface area (Å²) in [5, 5.41) is 6.83. The van der Waals surface area contributed by atoms with Gasteiger partial charge in [-0.3, -0.25) is 0 Å². The summed E-state index contributed by atoms with van der Waals surface area (Å²) in [6, 6.07) is 6.55. The number of piperidine rings is 1. The molecule has 98 valence electrons. The van der Waals surface area contributed by atoms with Crippen molar-refractivity contribution in [3.05, 3.63) is 29.3 Å². The number of ether oxygens (including phenoxy) is 1. The molecule has 0 amide bonds. The van der Waals surface area contributed by atoms with Crippen molar-refractivity contribution >= 4 is 0 Å². The van der Waals surface area contributed by atoms with Gasteiger partial charge >= 0.3 is 0 Å². The van der Waals surface area contributed by atoms with Crippen molar-refractivity contribution in [3.8, 4) is 5.75 Å². The van der Waals surface area contributed by atoms with E-state index < -0.39 is 0 Å². The normalized spacial score (nSPS) is 23.4. The van der Waals surface area contributed by atoms with Crippen LogP contribution >= 0.6 is 0 Å². The molecule has 0 aliphatic carbocycles. The Morgan fingerprint density at radius 2 is 2.17 bits per heavy atom. The third kappa shape index (κ3) is 2.85. The van der Waals surface area contributed by atoms with Crippen LogP contribution in [-0.4, -0.2) is 26.2 Å². The van der Waals surface area contributed by atoms with Gasteiger partial charge in [-0.15, -0.1) is 0 Å². The standard InChI is InChI=1S/C15H22N2O/c1-2-12(9-16-6-1)11-18-15-4-3-14-10-17-7-5-13(14)8-15/h3-4,8,12,16-17H,1-2,5-7,9-11H2. The predicted octanol–water partition coefficient (Wildman–Crippen LogP) is 1.71. The number of rotatable bonds is 3. The van der Waals surface area contributed by atoms with Gasteiger partial charge in [0.15, 0.2) is 0 Å². The van der Waals surface area contributed by atoms with Gasteiger partial charge in [-0.1, -0.05) is 6.07 Å². The topological polar surface area (TPSA) is 33.3 Å². The van der Waals surface area contributed by atoms with Crippen molar-refractivity contribution in [1.82, 2.24) is 10.6 Å². The lowest BCUT2D eigenvalue weighted by molar-refractivity contribution is 0.218. The Kier molecular flexibility index (Phi) is 3.81. The molecule has 0 spiro atoms. The molecule has 0 radical (unpaired) electrons. The minimum Gasteiger partial charge on any atom is -0.493 e. The summed E-state index contributed by atoms with van der Waals surface area (Å²) in [6.07, 6.45) is 3.70. The molecule has 1 unspecified atom stereocenters. The highest BCUT2D eigenvalue weighted by molar-refractivity contribution is 5.37. The Labute approximate surface area is 109 Å². The summed E-state index contributed by atoms with van der Waals surface area (Å²) >= 11 is 0. The molecule has 1 saturated heterocycles. The maximum absolute atomic E-state index is 5.95. The fourth-order valence-corrected chi connectivity index (χ4v) is 2.82. The van der Waals surface area contributed by atoms with Crippen LogP contribution in [0.15, 0.2) is 18.2 Å². The lowest BCUT2D eigenvalue weighted by atomic mass is 10.00. The van der Waals surface area contributed by atoms with E-state index in [1.165, 1.54) is 30.5 Å². The van der Waals surface area contributed by atoms with Crippen LogP contribution < -0.4 is 15.4 Å². The van der Waals surface area contributed by atoms with E-state index in [1.807, 2.05) is 0 Å². The first-order valence-electron chi connectivity index (χ1n) is 7.08. The van der Waals surface area contributed by atoms with Gasteiger partial charge in [0, 0.05) is 19.0 Å². The van der Waals surface area contributed by atoms with Gasteiger partial charge in [0.25, 0.3) is 0 Å². The van der Waals surface area contributed by atoms with E-state index in [2.05, 4.69) is 28.8 Å². The number of hydrogen-bond acceptors (Lipinski definition) is 3. The molecule has 0 aromatic heterocycles. The van der Waals surface area contributed by atoms with E-state index in [9.17, 15) is 0 Å². The van der Waals surface area contributed by atoms with Gasteiger partial charge in [-0.05, 0) is 55.6 Å². The molecular formula is C15H22N2O. The van der Waals surface area contributed by atoms with Crippen LogP contribution in [0.4, 0.5) is 0 Å². The maximum atomic E-state index is 5.95. The van der Waals surface area contributed by atoms with Crippen LogP contribution in [-0.2, 0) is 13.0 Å². The summed E-state index contributed by atoms with van der Waals surface area (Å²) < 4.78 is 5.95. The van der Waals surface area contributed by atoms with Gasteiger partial charge in [-0.2, -0.15) is 0 Å². The van der Waals surface area contributed by atoms with Gasteiger partial charge in [0.05, 0.1) is 6.61 Å². The number of nitrogens with one attached hydrogen (secondary N) is 2. The Hall–Kier alpha value is -1.06. The third-order valence-corrected chi connectivity index (χ3v) is 3.95. The van der Waals surface area contributed by atoms with Gasteiger partial charge in [0.2, 0.25) is 0 Å². The Morgan fingerprint density at radius 1 is 1.17 bits per heavy atom. The van der Waals surface area contributed by atoms with E-state index >= 15 is 0 Å². The van der Waals surface area contributed by atoms with Gasteiger partial charge in [0.1, 0.15) is 5.75 Å². The SMILES string of the molecule is c1cc2c(cc1OCC1CCCNC1)CCNC2. The zero-order chi connectivity index (χ0) is 12.2. The molecule has 2 aliphatic rings. The molecular weight excluding hydrogens is 224 g/mol. The summed E-state index contributed by atoms with van der Waals surface area (Å²) in [4.78, 5) is 0. The second-order valence-corrected chi connectivity index (χ2v) is 5.38. The molecule has 1 aromatic rings. The number of hydrogen-bond donors (Lipinski definition) is 2. The van der Waals surface area contributed by atoms with Gasteiger partial charge < -0.3 is 15.4 Å². The maximum Gasteiger partial charge on any atom is 0.119 e. The molecule has 0 saturated carbocycles. The van der Waals surface area contributed by atoms with E-state index in [0.29, 0.717) is 5.92 Å². The first kappa shape index (κ1) is 12.0. The van der Waals surface area contributed by atoms with Crippen LogP contribution in [0.3, 0.4) is 0 Å². The molecule has 2 N–H and O–H groups in total. The van der Waals surface area contributed by atoms with E-state index in [0.717, 1.165) is 38.4 Å². The smallest absolute Gasteiger partial charge is 0.119 e. The molecule has 1 aromatic carbocycles. The van der Waals surface area contributed by atoms with Crippen molar-refractivity contribution in [3.63, 3.8) is 0 Å². The van der Waals surface area contributed by atoms with Crippen LogP contribution in [0.25, 0.3) is 0 Å². The van der Waals surface area contributed by atoms with Crippen LogP contribution in [0.5, 0.6) is 5.75 Å². The minimum atomic E-state index is 0.677. The lowest BCUT2D eigenvalue weighted by Crippen LogP contribution is -2.33. The second-order valence-electron chi connectivity index (χ2n) is 5.38. The molecule has 2 aliphatic heterocycles. The van der Waals surface area contributed by atoms with Crippen LogP contribution in [0, 0.1) is 5.92 Å². The Morgan fingerprint density at radius 3 is 3.06 bits per heavy atom. The Bertz CT molecular complexity index is 399. The summed E-state index contributed by atoms with van der Waals surface area (Å²) in [5.74, 6) is 1.72. The minimum absolute atomic E-state index is 0.677. The fourth-order valence-electron chi connectivity index (χ4n) is 2.82. The summed E-state index contributed by atoms with van der Waals surface area (Å²) in [5.41, 5.74) is 2.88. The average molecular weight is 246 g/mol. The van der Waals surface area contributed by atoms with Crippen molar-refractivity contribution in [2.75, 3.05) is 26.2 Å². The lowest BCUT2D eigenvalue weighted by Gasteiger charge is -2.23. The van der Waals surface area contributed by atoms with E-state index in [-0.39, 0.29) is 0 Å². The second kappa shape index (κ2) is 5.72. The van der Waals surface area contributed by atoms with Crippen LogP contribution in [0.2, 0.25) is 0 Å². The first-order valence-corrected chi connectivity index (χ1v) is 7.08. The summed E-state index contributed by atoms with van der Waals surface area (Å²) in [6.45, 7) is 5.21. The van der Waals surface area contributed by atoms with E-state index in [1.54, 1.807) is 0 Å². The first-order chi connectivity index (χ1) is 8.92. The monoisotopic (exact) mass is 246 g/mol. The third-order valence-electron chi connectivity index (χ3n) is 3.95. The number of fused-ring (bicyclic) bond motifs is 1. The molecule has 3 nitrogen and oxygen atoms in total. The molecule has 0 bridgehead atoms. The molecule has 2 heterocycles. The molecule has 3 rings (SSSR count). The molecule has 3 heteroatoms. The predicted molar refractivity (Wildman–Crippen MR) is 72.9 cm³/mol. The van der Waals surface area contributed by atoms with Crippen molar-refractivity contribution < 1.29 is 4.74 Å². The Balaban J connectivity index is 1.58. The van der Waals surface area contributed by atoms with Crippen LogP contribution in [0.1, 0.15) is 24.0 Å². The summed E-state index contributed by atoms with van der Waals surface area (Å²) in [7, 11) is 0. The van der Waals surface area contributed by atoms with Crippen molar-refractivity contribution in [2.24, 2.45) is 5.92 Å². The highest BCUT2D eigenvalue weighted by atomic mass is 16.5. The highest BCUT2D eigenvalue weighted by Gasteiger charge is 2.14. The largest absolute Gasteiger partial charge is 0.493 e. The van der Waals surface area contributed by atoms with Crippen molar-refractivity contribution in [1.29, 1.82) is 0 Å². The van der Waals surface area contributed by atoms with E-state index in [4.69, 9.17) is 4.74 Å². The van der Waals surface area contributed by atoms with Gasteiger partial charge in [-0.25, -0.2) is 0 Å². The zero-order valence-electron chi connectivity index (χ0n) is 10.9. The quantitative estimate of drug-likeness (QED) is 0.852. The zero-order valence-corrected chi connectivity index (χ0v) is 10.9. The molecule has 18 heavy (non-hydrogen) atoms. The van der Waals surface area contributed by atoms with Crippen molar-refractivity contribution in [2.45, 2.75) is 25.8 Å². The fraction of sp³-hybridized carbons (Fsp3) is 0.600. The molecule has 1 fully saturated rings. The highest BCUT2D eigenvalue weighted by Crippen LogP contribution is 2.21. The molecule has 1 atom stereocenters. The average Bonchev–Trinajstić information content (AvgIpc) is 2.46. The number of benzene rings is 1.